The molecule has 0 aliphatic carbocycles. The zero-order valence-electron chi connectivity index (χ0n) is 25.9. The van der Waals surface area contributed by atoms with Crippen molar-refractivity contribution in [2.45, 2.75) is 85.0 Å². The highest BCUT2D eigenvalue weighted by Gasteiger charge is 2.39. The summed E-state index contributed by atoms with van der Waals surface area (Å²) in [6.07, 6.45) is -0.0978. The zero-order chi connectivity index (χ0) is 31.9. The first-order valence-corrected chi connectivity index (χ1v) is 14.8. The van der Waals surface area contributed by atoms with E-state index in [1.807, 2.05) is 58.0 Å². The molecule has 3 rings (SSSR count). The number of hydrogen-bond acceptors (Lipinski definition) is 5. The van der Waals surface area contributed by atoms with Gasteiger partial charge in [0.25, 0.3) is 5.91 Å². The number of carbonyl (C=O) groups excluding carboxylic acids is 3. The number of nitrogens with zero attached hydrogens (tertiary/aromatic N) is 1. The summed E-state index contributed by atoms with van der Waals surface area (Å²) in [7, 11) is 0. The van der Waals surface area contributed by atoms with E-state index in [1.54, 1.807) is 49.9 Å². The molecule has 8 nitrogen and oxygen atoms in total. The van der Waals surface area contributed by atoms with E-state index in [0.29, 0.717) is 28.3 Å². The van der Waals surface area contributed by atoms with Crippen LogP contribution < -0.4 is 10.6 Å². The summed E-state index contributed by atoms with van der Waals surface area (Å²) in [6, 6.07) is 16.7. The molecule has 0 heterocycles. The lowest BCUT2D eigenvalue weighted by molar-refractivity contribution is -0.143. The Kier molecular flexibility index (Phi) is 11.2. The van der Waals surface area contributed by atoms with Crippen molar-refractivity contribution in [2.24, 2.45) is 0 Å². The summed E-state index contributed by atoms with van der Waals surface area (Å²) < 4.78 is 5.50. The van der Waals surface area contributed by atoms with E-state index in [4.69, 9.17) is 16.3 Å². The smallest absolute Gasteiger partial charge is 0.408 e. The van der Waals surface area contributed by atoms with E-state index < -0.39 is 41.6 Å². The number of rotatable bonds is 10. The molecule has 3 aromatic rings. The van der Waals surface area contributed by atoms with Crippen LogP contribution in [0.5, 0.6) is 5.75 Å². The van der Waals surface area contributed by atoms with Crippen molar-refractivity contribution < 1.29 is 24.2 Å². The first-order chi connectivity index (χ1) is 20.2. The van der Waals surface area contributed by atoms with Crippen molar-refractivity contribution in [1.29, 1.82) is 0 Å². The Labute approximate surface area is 259 Å². The van der Waals surface area contributed by atoms with Gasteiger partial charge in [0.1, 0.15) is 23.4 Å². The summed E-state index contributed by atoms with van der Waals surface area (Å²) in [4.78, 5) is 43.4. The van der Waals surface area contributed by atoms with Crippen LogP contribution in [-0.4, -0.2) is 45.6 Å². The fourth-order valence-corrected chi connectivity index (χ4v) is 5.06. The van der Waals surface area contributed by atoms with Gasteiger partial charge in [0.15, 0.2) is 0 Å². The first-order valence-electron chi connectivity index (χ1n) is 14.4. The highest BCUT2D eigenvalue weighted by Crippen LogP contribution is 2.32. The van der Waals surface area contributed by atoms with Gasteiger partial charge in [-0.05, 0) is 88.4 Å². The molecule has 0 fully saturated rings. The first kappa shape index (κ1) is 33.5. The van der Waals surface area contributed by atoms with Crippen LogP contribution in [0.4, 0.5) is 10.5 Å². The zero-order valence-corrected chi connectivity index (χ0v) is 26.7. The van der Waals surface area contributed by atoms with Gasteiger partial charge >= 0.3 is 6.09 Å². The fraction of sp³-hybridized carbons (Fsp3) is 0.382. The number of ether oxygens (including phenoxy) is 1. The van der Waals surface area contributed by atoms with Gasteiger partial charge in [0, 0.05) is 12.5 Å². The second-order valence-electron chi connectivity index (χ2n) is 11.8. The Morgan fingerprint density at radius 1 is 0.953 bits per heavy atom. The summed E-state index contributed by atoms with van der Waals surface area (Å²) in [5, 5.41) is 15.9. The molecule has 3 N–H and O–H groups in total. The molecule has 0 aliphatic heterocycles. The van der Waals surface area contributed by atoms with Gasteiger partial charge in [-0.1, -0.05) is 67.1 Å². The maximum absolute atomic E-state index is 14.6. The number of para-hydroxylation sites is 1. The molecule has 0 saturated carbocycles. The minimum Gasteiger partial charge on any atom is -0.508 e. The molecule has 3 atom stereocenters. The Morgan fingerprint density at radius 3 is 2.16 bits per heavy atom. The molecule has 0 saturated heterocycles. The van der Waals surface area contributed by atoms with Crippen LogP contribution in [0.2, 0.25) is 5.02 Å². The third-order valence-electron chi connectivity index (χ3n) is 7.17. The standard InChI is InChI=1S/C34H42ClN3O5/c1-8-23(4)38(32(41)28(36-33(42)43-34(5,6)7)20-24-16-18-25(39)19-17-24)30(26-14-10-9-12-21(26)2)31(40)37-29-22(3)13-11-15-27(29)35/h9-19,23,28,30,39H,8,20H2,1-7H3,(H,36,42)(H,37,40). The van der Waals surface area contributed by atoms with Crippen molar-refractivity contribution in [1.82, 2.24) is 10.2 Å². The number of anilines is 1. The van der Waals surface area contributed by atoms with E-state index in [0.717, 1.165) is 11.1 Å². The van der Waals surface area contributed by atoms with Gasteiger partial charge in [0.2, 0.25) is 5.91 Å². The number of nitrogens with one attached hydrogen (secondary N) is 2. The predicted molar refractivity (Wildman–Crippen MR) is 170 cm³/mol. The molecule has 9 heteroatoms. The Hall–Kier alpha value is -4.04. The van der Waals surface area contributed by atoms with E-state index in [1.165, 1.54) is 12.1 Å². The minimum absolute atomic E-state index is 0.0825. The lowest BCUT2D eigenvalue weighted by atomic mass is 9.95. The SMILES string of the molecule is CCC(C)N(C(=O)C(Cc1ccc(O)cc1)NC(=O)OC(C)(C)C)C(C(=O)Nc1c(C)cccc1Cl)c1ccccc1C. The third-order valence-corrected chi connectivity index (χ3v) is 7.48. The second-order valence-corrected chi connectivity index (χ2v) is 12.2. The molecule has 230 valence electrons. The van der Waals surface area contributed by atoms with Crippen molar-refractivity contribution in [3.05, 3.63) is 94.0 Å². The van der Waals surface area contributed by atoms with Gasteiger partial charge in [-0.15, -0.1) is 0 Å². The average Bonchev–Trinajstić information content (AvgIpc) is 2.93. The quantitative estimate of drug-likeness (QED) is 0.228. The molecule has 0 aromatic heterocycles. The minimum atomic E-state index is -1.07. The summed E-state index contributed by atoms with van der Waals surface area (Å²) in [6.45, 7) is 12.8. The van der Waals surface area contributed by atoms with Gasteiger partial charge in [-0.3, -0.25) is 9.59 Å². The van der Waals surface area contributed by atoms with Crippen LogP contribution in [0.1, 0.15) is 69.3 Å². The Morgan fingerprint density at radius 2 is 1.58 bits per heavy atom. The normalized spacial score (nSPS) is 13.4. The number of aromatic hydroxyl groups is 1. The van der Waals surface area contributed by atoms with Gasteiger partial charge in [0.05, 0.1) is 10.7 Å². The van der Waals surface area contributed by atoms with Crippen molar-refractivity contribution >= 4 is 35.2 Å². The van der Waals surface area contributed by atoms with E-state index in [-0.39, 0.29) is 12.2 Å². The van der Waals surface area contributed by atoms with Crippen LogP contribution in [0.3, 0.4) is 0 Å². The van der Waals surface area contributed by atoms with E-state index >= 15 is 0 Å². The van der Waals surface area contributed by atoms with Gasteiger partial charge in [-0.2, -0.15) is 0 Å². The van der Waals surface area contributed by atoms with Crippen LogP contribution in [-0.2, 0) is 20.7 Å². The number of amides is 3. The lowest BCUT2D eigenvalue weighted by Crippen LogP contribution is -2.55. The van der Waals surface area contributed by atoms with Crippen LogP contribution in [0.15, 0.2) is 66.7 Å². The molecule has 0 radical (unpaired) electrons. The topological polar surface area (TPSA) is 108 Å². The number of hydrogen-bond donors (Lipinski definition) is 3. The number of carbonyl (C=O) groups is 3. The predicted octanol–water partition coefficient (Wildman–Crippen LogP) is 7.11. The number of benzene rings is 3. The number of phenols is 1. The van der Waals surface area contributed by atoms with Crippen molar-refractivity contribution in [3.63, 3.8) is 0 Å². The van der Waals surface area contributed by atoms with Crippen molar-refractivity contribution in [2.75, 3.05) is 5.32 Å². The maximum Gasteiger partial charge on any atom is 0.408 e. The van der Waals surface area contributed by atoms with Crippen molar-refractivity contribution in [3.8, 4) is 5.75 Å². The average molecular weight is 608 g/mol. The maximum atomic E-state index is 14.6. The van der Waals surface area contributed by atoms with Crippen LogP contribution >= 0.6 is 11.6 Å². The monoisotopic (exact) mass is 607 g/mol. The molecule has 3 amide bonds. The molecule has 3 aromatic carbocycles. The van der Waals surface area contributed by atoms with Gasteiger partial charge in [-0.25, -0.2) is 4.79 Å². The van der Waals surface area contributed by atoms with E-state index in [9.17, 15) is 19.5 Å². The third kappa shape index (κ3) is 8.97. The second kappa shape index (κ2) is 14.4. The number of halogens is 1. The molecule has 0 spiro atoms. The Balaban J connectivity index is 2.13. The molecule has 43 heavy (non-hydrogen) atoms. The van der Waals surface area contributed by atoms with Crippen LogP contribution in [0.25, 0.3) is 0 Å². The lowest BCUT2D eigenvalue weighted by Gasteiger charge is -2.39. The summed E-state index contributed by atoms with van der Waals surface area (Å²) in [5.74, 6) is -0.800. The largest absolute Gasteiger partial charge is 0.508 e. The molecule has 3 unspecified atom stereocenters. The summed E-state index contributed by atoms with van der Waals surface area (Å²) in [5.41, 5.74) is 2.65. The summed E-state index contributed by atoms with van der Waals surface area (Å²) >= 11 is 6.47. The molecular weight excluding hydrogens is 566 g/mol. The van der Waals surface area contributed by atoms with Gasteiger partial charge < -0.3 is 25.4 Å². The number of aryl methyl sites for hydroxylation is 2. The fourth-order valence-electron chi connectivity index (χ4n) is 4.79. The molecular formula is C34H42ClN3O5. The molecule has 0 aliphatic rings. The number of alkyl carbamates (subject to hydrolysis) is 1. The number of phenolic OH excluding ortho intramolecular Hbond substituents is 1. The highest BCUT2D eigenvalue weighted by atomic mass is 35.5. The van der Waals surface area contributed by atoms with Crippen LogP contribution in [0, 0.1) is 13.8 Å². The highest BCUT2D eigenvalue weighted by molar-refractivity contribution is 6.34. The Bertz CT molecular complexity index is 1410. The van der Waals surface area contributed by atoms with E-state index in [2.05, 4.69) is 10.6 Å². The molecule has 0 bridgehead atoms.